The molecule has 4 rings (SSSR count). The molecule has 9 nitrogen and oxygen atoms in total. The first kappa shape index (κ1) is 28.7. The highest BCUT2D eigenvalue weighted by Crippen LogP contribution is 2.35. The number of carbonyl (C=O) groups is 1. The van der Waals surface area contributed by atoms with Crippen molar-refractivity contribution in [1.29, 1.82) is 5.26 Å². The fourth-order valence-electron chi connectivity index (χ4n) is 3.96. The minimum absolute atomic E-state index is 0.0157. The van der Waals surface area contributed by atoms with E-state index in [1.807, 2.05) is 0 Å². The summed E-state index contributed by atoms with van der Waals surface area (Å²) < 4.78 is 88.1. The van der Waals surface area contributed by atoms with E-state index in [-0.39, 0.29) is 29.3 Å². The fourth-order valence-corrected chi connectivity index (χ4v) is 4.18. The van der Waals surface area contributed by atoms with Gasteiger partial charge in [0, 0.05) is 17.6 Å². The van der Waals surface area contributed by atoms with Crippen molar-refractivity contribution in [3.63, 3.8) is 0 Å². The van der Waals surface area contributed by atoms with Crippen LogP contribution in [0, 0.1) is 11.3 Å². The molecule has 0 spiro atoms. The summed E-state index contributed by atoms with van der Waals surface area (Å²) in [5.41, 5.74) is 2.55. The number of hydrazine groups is 1. The average Bonchev–Trinajstić information content (AvgIpc) is 2.86. The zero-order valence-electron chi connectivity index (χ0n) is 19.8. The maximum absolute atomic E-state index is 13.6. The quantitative estimate of drug-likeness (QED) is 0.403. The maximum atomic E-state index is 13.6. The SMILES string of the molecule is N#Cc1cc(Cl)cc(Oc2c(C(F)(F)F)ncn(CC3CC(c4ccc(OC(F)(F)F)cc4)C(=O)NN3)c2=O)c1. The first-order valence-corrected chi connectivity index (χ1v) is 11.6. The van der Waals surface area contributed by atoms with E-state index < -0.39 is 53.2 Å². The molecule has 0 radical (unpaired) electrons. The van der Waals surface area contributed by atoms with Crippen molar-refractivity contribution >= 4 is 17.5 Å². The molecule has 0 aliphatic carbocycles. The first-order chi connectivity index (χ1) is 18.7. The lowest BCUT2D eigenvalue weighted by Crippen LogP contribution is -2.54. The second-order valence-corrected chi connectivity index (χ2v) is 8.94. The number of benzene rings is 2. The van der Waals surface area contributed by atoms with Crippen LogP contribution < -0.4 is 25.9 Å². The summed E-state index contributed by atoms with van der Waals surface area (Å²) in [6.07, 6.45) is -9.26. The fraction of sp³-hybridized carbons (Fsp3) is 0.250. The Morgan fingerprint density at radius 2 is 1.77 bits per heavy atom. The molecule has 16 heteroatoms. The van der Waals surface area contributed by atoms with Crippen LogP contribution in [0.3, 0.4) is 0 Å². The molecule has 1 aliphatic heterocycles. The lowest BCUT2D eigenvalue weighted by Gasteiger charge is -2.31. The molecule has 3 aromatic rings. The predicted molar refractivity (Wildman–Crippen MR) is 125 cm³/mol. The first-order valence-electron chi connectivity index (χ1n) is 11.2. The molecule has 210 valence electrons. The lowest BCUT2D eigenvalue weighted by atomic mass is 9.90. The predicted octanol–water partition coefficient (Wildman–Crippen LogP) is 4.65. The van der Waals surface area contributed by atoms with Gasteiger partial charge in [-0.25, -0.2) is 10.4 Å². The summed E-state index contributed by atoms with van der Waals surface area (Å²) in [4.78, 5) is 28.9. The van der Waals surface area contributed by atoms with Gasteiger partial charge >= 0.3 is 12.5 Å². The van der Waals surface area contributed by atoms with Gasteiger partial charge in [-0.3, -0.25) is 19.6 Å². The Bertz CT molecular complexity index is 1520. The number of ether oxygens (including phenoxy) is 2. The molecule has 40 heavy (non-hydrogen) atoms. The Morgan fingerprint density at radius 3 is 2.40 bits per heavy atom. The summed E-state index contributed by atoms with van der Waals surface area (Å²) >= 11 is 5.89. The zero-order chi connectivity index (χ0) is 29.2. The van der Waals surface area contributed by atoms with Gasteiger partial charge in [0.25, 0.3) is 5.56 Å². The second kappa shape index (κ2) is 11.1. The summed E-state index contributed by atoms with van der Waals surface area (Å²) in [5, 5.41) is 9.07. The van der Waals surface area contributed by atoms with Gasteiger partial charge in [0.1, 0.15) is 11.5 Å². The standard InChI is InChI=1S/C24H16ClF6N5O4/c25-14-5-12(9-32)6-17(7-14)39-19-20(23(26,27)28)33-11-36(22(19)38)10-15-8-18(21(37)35-34-15)13-1-3-16(4-2-13)40-24(29,30)31/h1-7,11,15,18,34H,8,10H2,(H,35,37). The number of alkyl halides is 6. The Hall–Kier alpha value is -4.29. The molecular weight excluding hydrogens is 572 g/mol. The third-order valence-electron chi connectivity index (χ3n) is 5.65. The highest BCUT2D eigenvalue weighted by Gasteiger charge is 2.39. The minimum Gasteiger partial charge on any atom is -0.449 e. The van der Waals surface area contributed by atoms with E-state index in [0.717, 1.165) is 28.8 Å². The molecule has 2 heterocycles. The van der Waals surface area contributed by atoms with Crippen LogP contribution in [0.1, 0.15) is 29.2 Å². The van der Waals surface area contributed by atoms with E-state index in [2.05, 4.69) is 20.6 Å². The molecule has 0 saturated carbocycles. The van der Waals surface area contributed by atoms with Gasteiger partial charge in [0.2, 0.25) is 11.7 Å². The molecule has 2 N–H and O–H groups in total. The van der Waals surface area contributed by atoms with Crippen LogP contribution in [0.5, 0.6) is 17.2 Å². The molecular formula is C24H16ClF6N5O4. The van der Waals surface area contributed by atoms with Crippen LogP contribution >= 0.6 is 11.6 Å². The normalized spacial score (nSPS) is 17.6. The van der Waals surface area contributed by atoms with E-state index in [1.54, 1.807) is 6.07 Å². The second-order valence-electron chi connectivity index (χ2n) is 8.50. The van der Waals surface area contributed by atoms with Crippen molar-refractivity contribution in [2.75, 3.05) is 0 Å². The van der Waals surface area contributed by atoms with Gasteiger partial charge in [-0.2, -0.15) is 18.4 Å². The van der Waals surface area contributed by atoms with Crippen molar-refractivity contribution in [2.24, 2.45) is 0 Å². The van der Waals surface area contributed by atoms with Gasteiger partial charge in [-0.1, -0.05) is 23.7 Å². The van der Waals surface area contributed by atoms with Crippen LogP contribution in [0.25, 0.3) is 0 Å². The number of nitrogens with zero attached hydrogens (tertiary/aromatic N) is 3. The summed E-state index contributed by atoms with van der Waals surface area (Å²) in [6.45, 7) is -0.272. The van der Waals surface area contributed by atoms with E-state index in [4.69, 9.17) is 21.6 Å². The maximum Gasteiger partial charge on any atom is 0.573 e. The molecule has 1 saturated heterocycles. The highest BCUT2D eigenvalue weighted by atomic mass is 35.5. The van der Waals surface area contributed by atoms with Crippen LogP contribution in [-0.4, -0.2) is 27.9 Å². The van der Waals surface area contributed by atoms with Crippen molar-refractivity contribution < 1.29 is 40.6 Å². The smallest absolute Gasteiger partial charge is 0.449 e. The van der Waals surface area contributed by atoms with Crippen molar-refractivity contribution in [3.8, 4) is 23.3 Å². The third kappa shape index (κ3) is 6.82. The largest absolute Gasteiger partial charge is 0.573 e. The van der Waals surface area contributed by atoms with Gasteiger partial charge in [-0.05, 0) is 42.3 Å². The number of nitriles is 1. The van der Waals surface area contributed by atoms with Gasteiger partial charge in [-0.15, -0.1) is 13.2 Å². The molecule has 2 aromatic carbocycles. The van der Waals surface area contributed by atoms with Crippen molar-refractivity contribution in [1.82, 2.24) is 20.4 Å². The van der Waals surface area contributed by atoms with Gasteiger partial charge in [0.05, 0.1) is 23.9 Å². The minimum atomic E-state index is -5.06. The van der Waals surface area contributed by atoms with E-state index in [1.165, 1.54) is 18.2 Å². The number of aromatic nitrogens is 2. The number of halogens is 7. The molecule has 1 aliphatic rings. The van der Waals surface area contributed by atoms with Gasteiger partial charge in [0.15, 0.2) is 5.69 Å². The third-order valence-corrected chi connectivity index (χ3v) is 5.87. The van der Waals surface area contributed by atoms with Crippen LogP contribution in [0.4, 0.5) is 26.3 Å². The molecule has 2 atom stereocenters. The zero-order valence-corrected chi connectivity index (χ0v) is 20.6. The number of carbonyl (C=O) groups excluding carboxylic acids is 1. The van der Waals surface area contributed by atoms with E-state index >= 15 is 0 Å². The average molecular weight is 588 g/mol. The lowest BCUT2D eigenvalue weighted by molar-refractivity contribution is -0.274. The molecule has 1 aromatic heterocycles. The van der Waals surface area contributed by atoms with E-state index in [0.29, 0.717) is 11.9 Å². The van der Waals surface area contributed by atoms with Crippen molar-refractivity contribution in [3.05, 3.63) is 81.0 Å². The summed E-state index contributed by atoms with van der Waals surface area (Å²) in [7, 11) is 0. The number of nitrogens with one attached hydrogen (secondary N) is 2. The monoisotopic (exact) mass is 587 g/mol. The van der Waals surface area contributed by atoms with Crippen molar-refractivity contribution in [2.45, 2.75) is 37.5 Å². The highest BCUT2D eigenvalue weighted by molar-refractivity contribution is 6.30. The Labute approximate surface area is 225 Å². The van der Waals surface area contributed by atoms with E-state index in [9.17, 15) is 35.9 Å². The Morgan fingerprint density at radius 1 is 1.07 bits per heavy atom. The number of rotatable bonds is 6. The van der Waals surface area contributed by atoms with Crippen LogP contribution in [0.2, 0.25) is 5.02 Å². The van der Waals surface area contributed by atoms with Crippen LogP contribution in [0.15, 0.2) is 53.6 Å². The number of amides is 1. The Balaban J connectivity index is 1.59. The molecule has 0 bridgehead atoms. The van der Waals surface area contributed by atoms with Gasteiger partial charge < -0.3 is 9.47 Å². The molecule has 2 unspecified atom stereocenters. The van der Waals surface area contributed by atoms with Crippen LogP contribution in [-0.2, 0) is 17.5 Å². The molecule has 1 amide bonds. The number of hydrogen-bond acceptors (Lipinski definition) is 7. The number of hydrogen-bond donors (Lipinski definition) is 2. The summed E-state index contributed by atoms with van der Waals surface area (Å²) in [5.74, 6) is -3.32. The molecule has 1 fully saturated rings. The topological polar surface area (TPSA) is 118 Å². The summed E-state index contributed by atoms with van der Waals surface area (Å²) in [6, 6.07) is 9.13. The Kier molecular flexibility index (Phi) is 7.94.